The fraction of sp³-hybridized carbons (Fsp3) is 0.333. The van der Waals surface area contributed by atoms with E-state index in [1.54, 1.807) is 31.4 Å². The molecule has 2 N–H and O–H groups in total. The van der Waals surface area contributed by atoms with Crippen molar-refractivity contribution in [2.24, 2.45) is 5.92 Å². The van der Waals surface area contributed by atoms with Crippen molar-refractivity contribution in [3.05, 3.63) is 66.2 Å². The molecule has 2 heterocycles. The Labute approximate surface area is 186 Å². The minimum atomic E-state index is -0.914. The molecule has 0 radical (unpaired) electrons. The van der Waals surface area contributed by atoms with Crippen molar-refractivity contribution in [1.29, 1.82) is 0 Å². The van der Waals surface area contributed by atoms with Crippen molar-refractivity contribution in [3.8, 4) is 17.2 Å². The Kier molecular flexibility index (Phi) is 6.32. The van der Waals surface area contributed by atoms with E-state index in [1.165, 1.54) is 0 Å². The second kappa shape index (κ2) is 9.32. The molecule has 2 aromatic rings. The smallest absolute Gasteiger partial charge is 0.309 e. The lowest BCUT2D eigenvalue weighted by molar-refractivity contribution is -0.143. The summed E-state index contributed by atoms with van der Waals surface area (Å²) in [6, 6.07) is 12.4. The summed E-state index contributed by atoms with van der Waals surface area (Å²) in [4.78, 5) is 26.9. The van der Waals surface area contributed by atoms with Gasteiger partial charge < -0.3 is 24.6 Å². The van der Waals surface area contributed by atoms with Gasteiger partial charge in [-0.3, -0.25) is 14.5 Å². The molecule has 0 saturated carbocycles. The summed E-state index contributed by atoms with van der Waals surface area (Å²) in [5.74, 6) is -0.249. The van der Waals surface area contributed by atoms with Gasteiger partial charge in [-0.25, -0.2) is 0 Å². The number of hydrogen-bond acceptors (Lipinski definition) is 6. The topological polar surface area (TPSA) is 97.3 Å². The molecule has 8 nitrogen and oxygen atoms in total. The molecule has 32 heavy (non-hydrogen) atoms. The Balaban J connectivity index is 1.70. The van der Waals surface area contributed by atoms with Gasteiger partial charge in [0.15, 0.2) is 11.5 Å². The van der Waals surface area contributed by atoms with Gasteiger partial charge in [-0.15, -0.1) is 6.58 Å². The third-order valence-corrected chi connectivity index (χ3v) is 5.96. The van der Waals surface area contributed by atoms with Crippen LogP contribution in [0.1, 0.15) is 23.1 Å². The molecule has 1 saturated heterocycles. The Bertz CT molecular complexity index is 1010. The van der Waals surface area contributed by atoms with Crippen molar-refractivity contribution in [2.45, 2.75) is 12.0 Å². The Hall–Kier alpha value is -3.52. The number of benzene rings is 2. The van der Waals surface area contributed by atoms with Gasteiger partial charge in [0, 0.05) is 25.0 Å². The number of likely N-dealkylation sites (tertiary alicyclic amines) is 1. The quantitative estimate of drug-likeness (QED) is 0.612. The summed E-state index contributed by atoms with van der Waals surface area (Å²) < 4.78 is 16.1. The monoisotopic (exact) mass is 438 g/mol. The summed E-state index contributed by atoms with van der Waals surface area (Å²) in [5.41, 5.74) is 1.66. The van der Waals surface area contributed by atoms with Gasteiger partial charge in [0.1, 0.15) is 5.75 Å². The number of aliphatic carboxylic acids is 1. The zero-order valence-electron chi connectivity index (χ0n) is 17.8. The molecule has 2 aliphatic rings. The maximum Gasteiger partial charge on any atom is 0.309 e. The lowest BCUT2D eigenvalue weighted by Crippen LogP contribution is -2.38. The Morgan fingerprint density at radius 2 is 1.91 bits per heavy atom. The number of nitrogens with one attached hydrogen (secondary N) is 1. The number of methoxy groups -OCH3 is 1. The number of rotatable bonds is 8. The minimum Gasteiger partial charge on any atom is -0.497 e. The molecule has 1 fully saturated rings. The van der Waals surface area contributed by atoms with Crippen molar-refractivity contribution < 1.29 is 28.9 Å². The van der Waals surface area contributed by atoms with Crippen LogP contribution >= 0.6 is 0 Å². The van der Waals surface area contributed by atoms with Crippen LogP contribution in [0, 0.1) is 5.92 Å². The van der Waals surface area contributed by atoms with E-state index in [1.807, 2.05) is 29.2 Å². The standard InChI is InChI=1S/C24H26N2O6/c1-3-10-25-21(27)13-26-12-18(16-6-9-19-20(11-16)32-14-31-19)22(24(28)29)23(26)15-4-7-17(30-2)8-5-15/h3-9,11,18,22-23H,1,10,12-14H2,2H3,(H,25,27)(H,28,29). The first-order chi connectivity index (χ1) is 15.5. The molecule has 0 aromatic heterocycles. The molecule has 4 rings (SSSR count). The lowest BCUT2D eigenvalue weighted by atomic mass is 9.82. The number of carbonyl (C=O) groups is 2. The summed E-state index contributed by atoms with van der Waals surface area (Å²) in [5, 5.41) is 13.0. The number of carboxylic acid groups (broad SMARTS) is 1. The zero-order chi connectivity index (χ0) is 22.7. The summed E-state index contributed by atoms with van der Waals surface area (Å²) >= 11 is 0. The van der Waals surface area contributed by atoms with Gasteiger partial charge in [0.05, 0.1) is 19.6 Å². The van der Waals surface area contributed by atoms with Crippen LogP contribution < -0.4 is 19.5 Å². The highest BCUT2D eigenvalue weighted by molar-refractivity contribution is 5.79. The van der Waals surface area contributed by atoms with Gasteiger partial charge in [-0.1, -0.05) is 24.3 Å². The fourth-order valence-corrected chi connectivity index (χ4v) is 4.50. The molecular formula is C24H26N2O6. The van der Waals surface area contributed by atoms with Crippen LogP contribution in [0.15, 0.2) is 55.1 Å². The summed E-state index contributed by atoms with van der Waals surface area (Å²) in [6.45, 7) is 4.61. The van der Waals surface area contributed by atoms with Crippen LogP contribution in [0.25, 0.3) is 0 Å². The molecule has 168 valence electrons. The number of nitrogens with zero attached hydrogens (tertiary/aromatic N) is 1. The van der Waals surface area contributed by atoms with Gasteiger partial charge in [-0.05, 0) is 35.4 Å². The molecule has 3 atom stereocenters. The van der Waals surface area contributed by atoms with E-state index in [2.05, 4.69) is 11.9 Å². The normalized spacial score (nSPS) is 21.8. The van der Waals surface area contributed by atoms with Crippen LogP contribution in [-0.4, -0.2) is 55.4 Å². The second-order valence-corrected chi connectivity index (χ2v) is 7.82. The molecule has 8 heteroatoms. The molecule has 1 amide bonds. The highest BCUT2D eigenvalue weighted by Crippen LogP contribution is 2.47. The third-order valence-electron chi connectivity index (χ3n) is 5.96. The number of amides is 1. The van der Waals surface area contributed by atoms with Gasteiger partial charge in [0.2, 0.25) is 12.7 Å². The van der Waals surface area contributed by atoms with Crippen LogP contribution in [0.3, 0.4) is 0 Å². The molecule has 2 aliphatic heterocycles. The number of fused-ring (bicyclic) bond motifs is 1. The average Bonchev–Trinajstić information content (AvgIpc) is 3.42. The van der Waals surface area contributed by atoms with Crippen molar-refractivity contribution in [1.82, 2.24) is 10.2 Å². The SMILES string of the molecule is C=CCNC(=O)CN1CC(c2ccc3c(c2)OCO3)C(C(=O)O)C1c1ccc(OC)cc1. The van der Waals surface area contributed by atoms with E-state index in [0.29, 0.717) is 30.3 Å². The Morgan fingerprint density at radius 3 is 2.59 bits per heavy atom. The number of carbonyl (C=O) groups excluding carboxylic acids is 1. The lowest BCUT2D eigenvalue weighted by Gasteiger charge is -2.27. The minimum absolute atomic E-state index is 0.0787. The average molecular weight is 438 g/mol. The molecule has 0 bridgehead atoms. The number of hydrogen-bond donors (Lipinski definition) is 2. The van der Waals surface area contributed by atoms with E-state index in [0.717, 1.165) is 11.1 Å². The van der Waals surface area contributed by atoms with E-state index >= 15 is 0 Å². The third kappa shape index (κ3) is 4.27. The molecule has 3 unspecified atom stereocenters. The van der Waals surface area contributed by atoms with Crippen molar-refractivity contribution >= 4 is 11.9 Å². The van der Waals surface area contributed by atoms with Gasteiger partial charge >= 0.3 is 5.97 Å². The number of ether oxygens (including phenoxy) is 3. The zero-order valence-corrected chi connectivity index (χ0v) is 17.8. The van der Waals surface area contributed by atoms with E-state index < -0.39 is 17.9 Å². The van der Waals surface area contributed by atoms with Crippen LogP contribution in [-0.2, 0) is 9.59 Å². The highest BCUT2D eigenvalue weighted by atomic mass is 16.7. The first kappa shape index (κ1) is 21.7. The van der Waals surface area contributed by atoms with Crippen LogP contribution in [0.2, 0.25) is 0 Å². The van der Waals surface area contributed by atoms with E-state index in [4.69, 9.17) is 14.2 Å². The summed E-state index contributed by atoms with van der Waals surface area (Å²) in [6.07, 6.45) is 1.61. The molecular weight excluding hydrogens is 412 g/mol. The number of carboxylic acids is 1. The van der Waals surface area contributed by atoms with Crippen molar-refractivity contribution in [2.75, 3.05) is 33.5 Å². The maximum atomic E-state index is 12.5. The highest BCUT2D eigenvalue weighted by Gasteiger charge is 2.48. The predicted molar refractivity (Wildman–Crippen MR) is 117 cm³/mol. The Morgan fingerprint density at radius 1 is 1.19 bits per heavy atom. The van der Waals surface area contributed by atoms with Gasteiger partial charge in [0.25, 0.3) is 0 Å². The van der Waals surface area contributed by atoms with Gasteiger partial charge in [-0.2, -0.15) is 0 Å². The molecule has 2 aromatic carbocycles. The van der Waals surface area contributed by atoms with E-state index in [9.17, 15) is 14.7 Å². The predicted octanol–water partition coefficient (Wildman–Crippen LogP) is 2.57. The first-order valence-corrected chi connectivity index (χ1v) is 10.4. The summed E-state index contributed by atoms with van der Waals surface area (Å²) in [7, 11) is 1.58. The van der Waals surface area contributed by atoms with Crippen molar-refractivity contribution in [3.63, 3.8) is 0 Å². The van der Waals surface area contributed by atoms with E-state index in [-0.39, 0.29) is 25.2 Å². The second-order valence-electron chi connectivity index (χ2n) is 7.82. The van der Waals surface area contributed by atoms with Crippen LogP contribution in [0.4, 0.5) is 0 Å². The van der Waals surface area contributed by atoms with Crippen LogP contribution in [0.5, 0.6) is 17.2 Å². The fourth-order valence-electron chi connectivity index (χ4n) is 4.50. The molecule has 0 spiro atoms. The first-order valence-electron chi connectivity index (χ1n) is 10.4. The molecule has 0 aliphatic carbocycles. The maximum absolute atomic E-state index is 12.5. The largest absolute Gasteiger partial charge is 0.497 e.